The van der Waals surface area contributed by atoms with E-state index in [0.717, 1.165) is 11.1 Å². The number of alkyl carbamates (subject to hydrolysis) is 2. The van der Waals surface area contributed by atoms with E-state index < -0.39 is 30.7 Å². The fraction of sp³-hybridized carbons (Fsp3) is 0.548. The molecule has 45 heavy (non-hydrogen) atoms. The van der Waals surface area contributed by atoms with Crippen LogP contribution >= 0.6 is 0 Å². The third kappa shape index (κ3) is 16.5. The number of hydrogen-bond donors (Lipinski definition) is 7. The van der Waals surface area contributed by atoms with E-state index in [1.165, 1.54) is 7.11 Å². The molecule has 0 aliphatic heterocycles. The van der Waals surface area contributed by atoms with Gasteiger partial charge < -0.3 is 46.5 Å². The van der Waals surface area contributed by atoms with Crippen molar-refractivity contribution < 1.29 is 34.0 Å². The van der Waals surface area contributed by atoms with Gasteiger partial charge in [0.2, 0.25) is 0 Å². The van der Waals surface area contributed by atoms with Crippen LogP contribution in [0.2, 0.25) is 0 Å². The highest BCUT2D eigenvalue weighted by molar-refractivity contribution is 5.67. The molecule has 14 heteroatoms. The number of nitrogens with zero attached hydrogens (tertiary/aromatic N) is 2. The molecular formula is C31H51N7O7. The lowest BCUT2D eigenvalue weighted by molar-refractivity contribution is -0.0803. The minimum Gasteiger partial charge on any atom is -0.445 e. The second kappa shape index (κ2) is 23.1. The third-order valence-corrected chi connectivity index (χ3v) is 6.95. The molecule has 14 nitrogen and oxygen atoms in total. The summed E-state index contributed by atoms with van der Waals surface area (Å²) in [6, 6.07) is 18.3. The van der Waals surface area contributed by atoms with Crippen LogP contribution in [-0.2, 0) is 27.4 Å². The van der Waals surface area contributed by atoms with Gasteiger partial charge in [0.1, 0.15) is 19.4 Å². The maximum atomic E-state index is 12.3. The Bertz CT molecular complexity index is 1060. The van der Waals surface area contributed by atoms with Crippen LogP contribution in [0.5, 0.6) is 0 Å². The van der Waals surface area contributed by atoms with E-state index in [-0.39, 0.29) is 26.2 Å². The number of aliphatic hydroxyl groups is 2. The Morgan fingerprint density at radius 3 is 1.82 bits per heavy atom. The minimum absolute atomic E-state index is 0.152. The van der Waals surface area contributed by atoms with E-state index >= 15 is 0 Å². The number of carbonyl (C=O) groups excluding carboxylic acids is 2. The molecule has 0 heterocycles. The van der Waals surface area contributed by atoms with Crippen molar-refractivity contribution in [3.63, 3.8) is 0 Å². The second-order valence-electron chi connectivity index (χ2n) is 10.3. The molecule has 252 valence electrons. The van der Waals surface area contributed by atoms with Crippen molar-refractivity contribution in [2.75, 3.05) is 72.6 Å². The molecule has 0 bridgehead atoms. The van der Waals surface area contributed by atoms with Gasteiger partial charge in [-0.05, 0) is 11.1 Å². The molecule has 0 spiro atoms. The lowest BCUT2D eigenvalue weighted by Crippen LogP contribution is -2.58. The van der Waals surface area contributed by atoms with E-state index in [2.05, 4.69) is 16.0 Å². The molecule has 0 aliphatic rings. The molecule has 0 aromatic heterocycles. The molecule has 2 aromatic rings. The van der Waals surface area contributed by atoms with Crippen LogP contribution in [0.4, 0.5) is 9.59 Å². The van der Waals surface area contributed by atoms with E-state index in [0.29, 0.717) is 58.9 Å². The van der Waals surface area contributed by atoms with E-state index in [4.69, 9.17) is 25.7 Å². The first-order valence-corrected chi connectivity index (χ1v) is 15.2. The summed E-state index contributed by atoms with van der Waals surface area (Å²) in [7, 11) is 1.40. The fourth-order valence-electron chi connectivity index (χ4n) is 4.54. The number of rotatable bonds is 23. The largest absolute Gasteiger partial charge is 0.445 e. The van der Waals surface area contributed by atoms with Crippen molar-refractivity contribution in [3.05, 3.63) is 71.8 Å². The molecular weight excluding hydrogens is 582 g/mol. The zero-order valence-corrected chi connectivity index (χ0v) is 26.2. The summed E-state index contributed by atoms with van der Waals surface area (Å²) in [5, 5.41) is 29.6. The highest BCUT2D eigenvalue weighted by atomic mass is 16.6. The first-order valence-electron chi connectivity index (χ1n) is 15.2. The molecule has 9 N–H and O–H groups in total. The average Bonchev–Trinajstić information content (AvgIpc) is 3.05. The summed E-state index contributed by atoms with van der Waals surface area (Å²) in [5.41, 5.74) is 13.6. The van der Waals surface area contributed by atoms with Crippen molar-refractivity contribution in [3.8, 4) is 0 Å². The summed E-state index contributed by atoms with van der Waals surface area (Å²) in [6.45, 7) is 3.98. The third-order valence-electron chi connectivity index (χ3n) is 6.95. The van der Waals surface area contributed by atoms with Crippen molar-refractivity contribution >= 4 is 12.2 Å². The monoisotopic (exact) mass is 633 g/mol. The molecule has 2 rings (SSSR count). The minimum atomic E-state index is -1.02. The van der Waals surface area contributed by atoms with E-state index in [9.17, 15) is 19.8 Å². The van der Waals surface area contributed by atoms with Crippen molar-refractivity contribution in [1.29, 1.82) is 0 Å². The number of amides is 2. The molecule has 0 aliphatic carbocycles. The van der Waals surface area contributed by atoms with Gasteiger partial charge in [-0.15, -0.1) is 0 Å². The summed E-state index contributed by atoms with van der Waals surface area (Å²) < 4.78 is 15.5. The number of nitrogens with one attached hydrogen (secondary N) is 3. The van der Waals surface area contributed by atoms with Gasteiger partial charge in [-0.2, -0.15) is 0 Å². The van der Waals surface area contributed by atoms with Crippen molar-refractivity contribution in [2.45, 2.75) is 38.2 Å². The number of ether oxygens (including phenoxy) is 3. The van der Waals surface area contributed by atoms with Crippen LogP contribution in [0.15, 0.2) is 60.7 Å². The Kier molecular flexibility index (Phi) is 19.4. The Balaban J connectivity index is 1.97. The first kappa shape index (κ1) is 37.8. The molecule has 2 amide bonds. The fourth-order valence-corrected chi connectivity index (χ4v) is 4.54. The first-order chi connectivity index (χ1) is 21.9. The van der Waals surface area contributed by atoms with Gasteiger partial charge >= 0.3 is 12.2 Å². The molecule has 3 atom stereocenters. The molecule has 3 unspecified atom stereocenters. The van der Waals surface area contributed by atoms with Crippen LogP contribution in [0, 0.1) is 0 Å². The lowest BCUT2D eigenvalue weighted by Gasteiger charge is -2.38. The zero-order chi connectivity index (χ0) is 32.7. The van der Waals surface area contributed by atoms with Gasteiger partial charge in [0, 0.05) is 79.0 Å². The van der Waals surface area contributed by atoms with Gasteiger partial charge in [-0.1, -0.05) is 60.7 Å². The Labute approximate surface area is 266 Å². The van der Waals surface area contributed by atoms with Gasteiger partial charge in [0.25, 0.3) is 0 Å². The molecule has 0 fully saturated rings. The Morgan fingerprint density at radius 1 is 0.778 bits per heavy atom. The van der Waals surface area contributed by atoms with Gasteiger partial charge in [-0.25, -0.2) is 9.59 Å². The summed E-state index contributed by atoms with van der Waals surface area (Å²) in [5.74, 6) is 0. The smallest absolute Gasteiger partial charge is 0.407 e. The molecule has 0 radical (unpaired) electrons. The number of benzene rings is 2. The molecule has 2 aromatic carbocycles. The summed E-state index contributed by atoms with van der Waals surface area (Å²) >= 11 is 0. The SMILES string of the molecule is COC(O)CCNC(O)C(CN(CCN)CCNC(=O)OCc1ccccc1)N(CCN)CCNC(=O)OCc1ccccc1. The van der Waals surface area contributed by atoms with Gasteiger partial charge in [0.05, 0.1) is 6.04 Å². The standard InChI is InChI=1S/C31H51N7O7/c1-43-28(39)12-15-34-29(40)27(38(19-14-33)21-17-36-31(42)45-24-26-10-6-3-7-11-26)22-37(18-13-32)20-16-35-30(41)44-23-25-8-4-2-5-9-25/h2-11,27-29,34,39-40H,12-24,32-33H2,1H3,(H,35,41)(H,36,42). The quantitative estimate of drug-likeness (QED) is 0.0810. The van der Waals surface area contributed by atoms with Gasteiger partial charge in [-0.3, -0.25) is 15.1 Å². The normalized spacial score (nSPS) is 13.3. The lowest BCUT2D eigenvalue weighted by atomic mass is 10.1. The van der Waals surface area contributed by atoms with Crippen LogP contribution in [0.1, 0.15) is 17.5 Å². The molecule has 0 saturated heterocycles. The maximum Gasteiger partial charge on any atom is 0.407 e. The van der Waals surface area contributed by atoms with Crippen LogP contribution in [-0.4, -0.2) is 123 Å². The van der Waals surface area contributed by atoms with E-state index in [1.807, 2.05) is 70.5 Å². The van der Waals surface area contributed by atoms with Crippen LogP contribution in [0.3, 0.4) is 0 Å². The predicted octanol–water partition coefficient (Wildman–Crippen LogP) is -0.00790. The second-order valence-corrected chi connectivity index (χ2v) is 10.3. The van der Waals surface area contributed by atoms with Gasteiger partial charge in [0.15, 0.2) is 6.29 Å². The van der Waals surface area contributed by atoms with Crippen LogP contribution < -0.4 is 27.4 Å². The van der Waals surface area contributed by atoms with Crippen molar-refractivity contribution in [1.82, 2.24) is 25.8 Å². The Hall–Kier alpha value is -3.34. The topological polar surface area (TPSA) is 197 Å². The van der Waals surface area contributed by atoms with E-state index in [1.54, 1.807) is 0 Å². The number of nitrogens with two attached hydrogens (primary N) is 2. The number of carbonyl (C=O) groups is 2. The highest BCUT2D eigenvalue weighted by Gasteiger charge is 2.28. The Morgan fingerprint density at radius 2 is 1.31 bits per heavy atom. The average molecular weight is 634 g/mol. The number of hydrogen-bond acceptors (Lipinski definition) is 12. The maximum absolute atomic E-state index is 12.3. The summed E-state index contributed by atoms with van der Waals surface area (Å²) in [4.78, 5) is 28.6. The number of methoxy groups -OCH3 is 1. The number of aliphatic hydroxyl groups excluding tert-OH is 2. The van der Waals surface area contributed by atoms with Crippen LogP contribution in [0.25, 0.3) is 0 Å². The molecule has 0 saturated carbocycles. The predicted molar refractivity (Wildman–Crippen MR) is 171 cm³/mol. The highest BCUT2D eigenvalue weighted by Crippen LogP contribution is 2.08. The zero-order valence-electron chi connectivity index (χ0n) is 26.2. The summed E-state index contributed by atoms with van der Waals surface area (Å²) in [6.07, 6.45) is -2.79. The van der Waals surface area contributed by atoms with Crippen molar-refractivity contribution in [2.24, 2.45) is 11.5 Å².